The van der Waals surface area contributed by atoms with Crippen molar-refractivity contribution in [3.8, 4) is 50.8 Å². The standard InChI is InChI=1S/C31H26N6O.CH4/c1-2-37-30(23-14-7-4-8-15-23)29(22-12-5-3-6-13-22)32-31(37)27-19-10-9-18-26(27)24-16-11-17-25(20-24)38-21-28-33-35-36-34-28;/h3-20H,2,21H2,1H3,(H,33,34,35,36);1H4. The Balaban J connectivity index is 0.00000308. The number of nitrogens with one attached hydrogen (secondary N) is 1. The summed E-state index contributed by atoms with van der Waals surface area (Å²) < 4.78 is 8.25. The molecular weight excluding hydrogens is 484 g/mol. The van der Waals surface area contributed by atoms with Gasteiger partial charge in [-0.25, -0.2) is 4.98 Å². The fourth-order valence-corrected chi connectivity index (χ4v) is 4.73. The average molecular weight is 515 g/mol. The lowest BCUT2D eigenvalue weighted by Gasteiger charge is -2.14. The second kappa shape index (κ2) is 11.6. The molecule has 0 aliphatic heterocycles. The molecule has 0 radical (unpaired) electrons. The highest BCUT2D eigenvalue weighted by atomic mass is 16.5. The van der Waals surface area contributed by atoms with E-state index in [9.17, 15) is 0 Å². The van der Waals surface area contributed by atoms with E-state index in [4.69, 9.17) is 9.72 Å². The van der Waals surface area contributed by atoms with Crippen molar-refractivity contribution >= 4 is 0 Å². The average Bonchev–Trinajstić information content (AvgIpc) is 3.65. The molecule has 6 aromatic rings. The summed E-state index contributed by atoms with van der Waals surface area (Å²) in [6.45, 7) is 3.19. The Hall–Kier alpha value is -5.04. The Morgan fingerprint density at radius 1 is 0.744 bits per heavy atom. The summed E-state index contributed by atoms with van der Waals surface area (Å²) in [5.74, 6) is 2.16. The molecule has 7 heteroatoms. The Kier molecular flexibility index (Phi) is 7.59. The topological polar surface area (TPSA) is 81.5 Å². The van der Waals surface area contributed by atoms with Gasteiger partial charge >= 0.3 is 0 Å². The molecule has 0 amide bonds. The fraction of sp³-hybridized carbons (Fsp3) is 0.125. The summed E-state index contributed by atoms with van der Waals surface area (Å²) >= 11 is 0. The molecule has 39 heavy (non-hydrogen) atoms. The first-order chi connectivity index (χ1) is 18.8. The van der Waals surface area contributed by atoms with E-state index in [0.29, 0.717) is 5.82 Å². The first kappa shape index (κ1) is 25.6. The number of aromatic nitrogens is 6. The molecule has 194 valence electrons. The lowest BCUT2D eigenvalue weighted by Crippen LogP contribution is -2.01. The molecule has 0 bridgehead atoms. The van der Waals surface area contributed by atoms with Gasteiger partial charge in [0, 0.05) is 23.2 Å². The van der Waals surface area contributed by atoms with Crippen LogP contribution in [-0.2, 0) is 13.2 Å². The van der Waals surface area contributed by atoms with Gasteiger partial charge in [0.1, 0.15) is 11.6 Å². The van der Waals surface area contributed by atoms with Crippen molar-refractivity contribution in [3.05, 3.63) is 115 Å². The summed E-state index contributed by atoms with van der Waals surface area (Å²) in [4.78, 5) is 5.28. The number of H-pyrrole nitrogens is 1. The van der Waals surface area contributed by atoms with E-state index >= 15 is 0 Å². The molecule has 4 aromatic carbocycles. The number of nitrogens with zero attached hydrogens (tertiary/aromatic N) is 5. The van der Waals surface area contributed by atoms with Crippen molar-refractivity contribution in [1.29, 1.82) is 0 Å². The van der Waals surface area contributed by atoms with Crippen LogP contribution in [0.25, 0.3) is 45.0 Å². The first-order valence-corrected chi connectivity index (χ1v) is 12.6. The highest BCUT2D eigenvalue weighted by Gasteiger charge is 2.22. The van der Waals surface area contributed by atoms with Gasteiger partial charge in [-0.15, -0.1) is 10.2 Å². The van der Waals surface area contributed by atoms with Gasteiger partial charge in [0.15, 0.2) is 6.61 Å². The van der Waals surface area contributed by atoms with Gasteiger partial charge in [-0.1, -0.05) is 110 Å². The molecule has 0 saturated heterocycles. The highest BCUT2D eigenvalue weighted by Crippen LogP contribution is 2.39. The number of hydrogen-bond acceptors (Lipinski definition) is 5. The largest absolute Gasteiger partial charge is 0.485 e. The fourth-order valence-electron chi connectivity index (χ4n) is 4.73. The Morgan fingerprint density at radius 2 is 1.41 bits per heavy atom. The second-order valence-electron chi connectivity index (χ2n) is 8.80. The predicted octanol–water partition coefficient (Wildman–Crippen LogP) is 7.30. The van der Waals surface area contributed by atoms with Gasteiger partial charge in [-0.2, -0.15) is 5.21 Å². The van der Waals surface area contributed by atoms with Crippen molar-refractivity contribution in [2.24, 2.45) is 0 Å². The molecule has 1 N–H and O–H groups in total. The molecule has 0 fully saturated rings. The summed E-state index contributed by atoms with van der Waals surface area (Å²) in [6, 6.07) is 37.3. The summed E-state index contributed by atoms with van der Waals surface area (Å²) in [5.41, 5.74) is 7.50. The Labute approximate surface area is 228 Å². The van der Waals surface area contributed by atoms with Crippen molar-refractivity contribution in [2.45, 2.75) is 27.5 Å². The molecule has 0 aliphatic rings. The minimum absolute atomic E-state index is 0. The van der Waals surface area contributed by atoms with Crippen LogP contribution >= 0.6 is 0 Å². The number of benzene rings is 4. The number of imidazole rings is 1. The van der Waals surface area contributed by atoms with Crippen molar-refractivity contribution < 1.29 is 4.74 Å². The lowest BCUT2D eigenvalue weighted by atomic mass is 9.99. The number of hydrogen-bond donors (Lipinski definition) is 1. The number of ether oxygens (including phenoxy) is 1. The van der Waals surface area contributed by atoms with E-state index in [-0.39, 0.29) is 14.0 Å². The van der Waals surface area contributed by atoms with E-state index in [0.717, 1.165) is 57.3 Å². The van der Waals surface area contributed by atoms with Crippen molar-refractivity contribution in [1.82, 2.24) is 30.2 Å². The Bertz CT molecular complexity index is 1640. The SMILES string of the molecule is C.CCn1c(-c2ccccc2-c2cccc(OCc3nn[nH]n3)c2)nc(-c2ccccc2)c1-c1ccccc1. The van der Waals surface area contributed by atoms with E-state index in [1.807, 2.05) is 30.3 Å². The summed E-state index contributed by atoms with van der Waals surface area (Å²) in [6.07, 6.45) is 0. The summed E-state index contributed by atoms with van der Waals surface area (Å²) in [5, 5.41) is 14.0. The van der Waals surface area contributed by atoms with Crippen LogP contribution in [0.5, 0.6) is 5.75 Å². The zero-order valence-electron chi connectivity index (χ0n) is 21.0. The van der Waals surface area contributed by atoms with E-state index in [1.165, 1.54) is 0 Å². The molecule has 0 spiro atoms. The number of tetrazole rings is 1. The maximum Gasteiger partial charge on any atom is 0.211 e. The van der Waals surface area contributed by atoms with Gasteiger partial charge < -0.3 is 9.30 Å². The zero-order chi connectivity index (χ0) is 25.7. The number of aromatic amines is 1. The van der Waals surface area contributed by atoms with Crippen LogP contribution in [0.3, 0.4) is 0 Å². The molecule has 0 aliphatic carbocycles. The highest BCUT2D eigenvalue weighted by molar-refractivity contribution is 5.87. The smallest absolute Gasteiger partial charge is 0.211 e. The zero-order valence-corrected chi connectivity index (χ0v) is 21.0. The quantitative estimate of drug-likeness (QED) is 0.230. The van der Waals surface area contributed by atoms with Gasteiger partial charge in [0.05, 0.1) is 11.4 Å². The summed E-state index contributed by atoms with van der Waals surface area (Å²) in [7, 11) is 0. The number of rotatable bonds is 8. The molecule has 2 heterocycles. The molecule has 6 rings (SSSR count). The van der Waals surface area contributed by atoms with Gasteiger partial charge in [0.25, 0.3) is 0 Å². The third kappa shape index (κ3) is 5.20. The molecule has 7 nitrogen and oxygen atoms in total. The molecule has 0 saturated carbocycles. The van der Waals surface area contributed by atoms with Crippen LogP contribution in [0.4, 0.5) is 0 Å². The first-order valence-electron chi connectivity index (χ1n) is 12.6. The molecule has 0 atom stereocenters. The predicted molar refractivity (Wildman–Crippen MR) is 155 cm³/mol. The molecule has 2 aromatic heterocycles. The minimum atomic E-state index is 0. The van der Waals surface area contributed by atoms with Crippen LogP contribution in [0.15, 0.2) is 109 Å². The van der Waals surface area contributed by atoms with Gasteiger partial charge in [0.2, 0.25) is 5.82 Å². The van der Waals surface area contributed by atoms with Crippen LogP contribution in [0, 0.1) is 0 Å². The van der Waals surface area contributed by atoms with E-state index in [2.05, 4.69) is 111 Å². The molecular formula is C32H30N6O. The van der Waals surface area contributed by atoms with Crippen LogP contribution < -0.4 is 4.74 Å². The van der Waals surface area contributed by atoms with E-state index < -0.39 is 0 Å². The lowest BCUT2D eigenvalue weighted by molar-refractivity contribution is 0.296. The van der Waals surface area contributed by atoms with E-state index in [1.54, 1.807) is 0 Å². The maximum absolute atomic E-state index is 5.94. The molecule has 0 unspecified atom stereocenters. The van der Waals surface area contributed by atoms with Gasteiger partial charge in [-0.3, -0.25) is 0 Å². The maximum atomic E-state index is 5.94. The normalized spacial score (nSPS) is 10.7. The van der Waals surface area contributed by atoms with Crippen LogP contribution in [-0.4, -0.2) is 30.2 Å². The monoisotopic (exact) mass is 514 g/mol. The van der Waals surface area contributed by atoms with Gasteiger partial charge in [-0.05, 0) is 30.2 Å². The third-order valence-electron chi connectivity index (χ3n) is 6.45. The van der Waals surface area contributed by atoms with Crippen molar-refractivity contribution in [3.63, 3.8) is 0 Å². The van der Waals surface area contributed by atoms with Crippen molar-refractivity contribution in [2.75, 3.05) is 0 Å². The third-order valence-corrected chi connectivity index (χ3v) is 6.45. The van der Waals surface area contributed by atoms with Crippen LogP contribution in [0.1, 0.15) is 20.2 Å². The van der Waals surface area contributed by atoms with Crippen LogP contribution in [0.2, 0.25) is 0 Å². The second-order valence-corrected chi connectivity index (χ2v) is 8.80. The Morgan fingerprint density at radius 3 is 2.10 bits per heavy atom. The minimum Gasteiger partial charge on any atom is -0.485 e.